The molecule has 0 aromatic heterocycles. The lowest BCUT2D eigenvalue weighted by atomic mass is 10.1. The van der Waals surface area contributed by atoms with Crippen molar-refractivity contribution in [2.45, 2.75) is 37.3 Å². The lowest BCUT2D eigenvalue weighted by Crippen LogP contribution is -2.49. The molecule has 2 atom stereocenters. The number of halogens is 3. The van der Waals surface area contributed by atoms with Crippen LogP contribution in [-0.2, 0) is 4.74 Å². The van der Waals surface area contributed by atoms with Gasteiger partial charge in [0.15, 0.2) is 5.96 Å². The second-order valence-corrected chi connectivity index (χ2v) is 7.46. The number of methoxy groups -OCH3 is 1. The molecule has 0 bridgehead atoms. The quantitative estimate of drug-likeness (QED) is 0.351. The van der Waals surface area contributed by atoms with Crippen molar-refractivity contribution in [1.29, 1.82) is 0 Å². The predicted molar refractivity (Wildman–Crippen MR) is 119 cm³/mol. The lowest BCUT2D eigenvalue weighted by molar-refractivity contribution is 0.128. The fourth-order valence-electron chi connectivity index (χ4n) is 3.60. The van der Waals surface area contributed by atoms with E-state index >= 15 is 0 Å². The maximum absolute atomic E-state index is 14.1. The van der Waals surface area contributed by atoms with Gasteiger partial charge in [0.1, 0.15) is 5.82 Å². The molecule has 3 rings (SSSR count). The van der Waals surface area contributed by atoms with E-state index in [-0.39, 0.29) is 41.8 Å². The molecule has 1 saturated carbocycles. The molecule has 1 heterocycles. The highest BCUT2D eigenvalue weighted by Crippen LogP contribution is 2.44. The molecule has 2 fully saturated rings. The van der Waals surface area contributed by atoms with E-state index in [2.05, 4.69) is 20.5 Å². The molecule has 152 valence electrons. The lowest BCUT2D eigenvalue weighted by Gasteiger charge is -2.32. The number of likely N-dealkylation sites (tertiary alicyclic amines) is 1. The normalized spacial score (nSPS) is 23.6. The zero-order valence-electron chi connectivity index (χ0n) is 15.9. The van der Waals surface area contributed by atoms with E-state index in [1.54, 1.807) is 26.3 Å². The Morgan fingerprint density at radius 3 is 2.70 bits per heavy atom. The van der Waals surface area contributed by atoms with Crippen molar-refractivity contribution in [2.24, 2.45) is 4.99 Å². The monoisotopic (exact) mass is 510 g/mol. The fourth-order valence-corrected chi connectivity index (χ4v) is 3.90. The van der Waals surface area contributed by atoms with Crippen LogP contribution in [0.15, 0.2) is 23.2 Å². The first-order chi connectivity index (χ1) is 12.6. The Hall–Kier alpha value is -0.640. The van der Waals surface area contributed by atoms with Gasteiger partial charge in [-0.3, -0.25) is 4.99 Å². The maximum Gasteiger partial charge on any atom is 0.191 e. The van der Waals surface area contributed by atoms with Crippen molar-refractivity contribution in [1.82, 2.24) is 15.5 Å². The molecule has 1 aromatic carbocycles. The van der Waals surface area contributed by atoms with Gasteiger partial charge in [0.2, 0.25) is 0 Å². The summed E-state index contributed by atoms with van der Waals surface area (Å²) in [6.07, 6.45) is 3.03. The summed E-state index contributed by atoms with van der Waals surface area (Å²) in [7, 11) is 3.51. The minimum absolute atomic E-state index is 0. The van der Waals surface area contributed by atoms with E-state index < -0.39 is 0 Å². The Bertz CT molecular complexity index is 620. The first-order valence-electron chi connectivity index (χ1n) is 9.27. The van der Waals surface area contributed by atoms with Crippen LogP contribution in [0.4, 0.5) is 4.39 Å². The van der Waals surface area contributed by atoms with E-state index in [4.69, 9.17) is 16.3 Å². The largest absolute Gasteiger partial charge is 0.383 e. The fraction of sp³-hybridized carbons (Fsp3) is 0.632. The zero-order chi connectivity index (χ0) is 18.5. The topological polar surface area (TPSA) is 48.9 Å². The van der Waals surface area contributed by atoms with Gasteiger partial charge in [-0.1, -0.05) is 17.7 Å². The number of rotatable bonds is 6. The third-order valence-corrected chi connectivity index (χ3v) is 5.58. The van der Waals surface area contributed by atoms with Crippen LogP contribution in [-0.4, -0.2) is 63.3 Å². The van der Waals surface area contributed by atoms with Crippen LogP contribution < -0.4 is 10.6 Å². The highest BCUT2D eigenvalue weighted by atomic mass is 127. The van der Waals surface area contributed by atoms with Gasteiger partial charge in [-0.15, -0.1) is 24.0 Å². The molecule has 1 saturated heterocycles. The third-order valence-electron chi connectivity index (χ3n) is 5.25. The maximum atomic E-state index is 14.1. The Labute approximate surface area is 183 Å². The molecule has 2 aliphatic rings. The number of hydrogen-bond acceptors (Lipinski definition) is 3. The summed E-state index contributed by atoms with van der Waals surface area (Å²) in [6.45, 7) is 3.90. The van der Waals surface area contributed by atoms with Crippen molar-refractivity contribution in [3.05, 3.63) is 34.6 Å². The molecule has 5 nitrogen and oxygen atoms in total. The summed E-state index contributed by atoms with van der Waals surface area (Å²) in [5, 5.41) is 7.43. The first kappa shape index (κ1) is 22.6. The average molecular weight is 511 g/mol. The molecule has 2 unspecified atom stereocenters. The Kier molecular flexibility index (Phi) is 9.04. The van der Waals surface area contributed by atoms with E-state index in [0.717, 1.165) is 51.5 Å². The van der Waals surface area contributed by atoms with Gasteiger partial charge in [-0.2, -0.15) is 0 Å². The van der Waals surface area contributed by atoms with Crippen LogP contribution in [0.25, 0.3) is 0 Å². The van der Waals surface area contributed by atoms with Gasteiger partial charge >= 0.3 is 0 Å². The van der Waals surface area contributed by atoms with E-state index in [1.165, 1.54) is 6.07 Å². The molecule has 1 aromatic rings. The number of benzene rings is 1. The summed E-state index contributed by atoms with van der Waals surface area (Å²) in [4.78, 5) is 6.76. The Morgan fingerprint density at radius 1 is 1.33 bits per heavy atom. The molecular formula is C19H29ClFIN4O. The summed E-state index contributed by atoms with van der Waals surface area (Å²) in [6, 6.07) is 5.46. The number of hydrogen-bond donors (Lipinski definition) is 2. The summed E-state index contributed by atoms with van der Waals surface area (Å²) in [5.74, 6) is 0.677. The molecule has 1 aliphatic carbocycles. The molecule has 8 heteroatoms. The molecular weight excluding hydrogens is 482 g/mol. The van der Waals surface area contributed by atoms with Gasteiger partial charge in [-0.05, 0) is 31.4 Å². The van der Waals surface area contributed by atoms with Gasteiger partial charge in [0.25, 0.3) is 0 Å². The van der Waals surface area contributed by atoms with Crippen LogP contribution in [0.1, 0.15) is 30.7 Å². The SMILES string of the molecule is CN=C(NC1CCN(CCOC)CC1)NC1CC1c1c(F)cccc1Cl.I. The minimum atomic E-state index is -0.224. The highest BCUT2D eigenvalue weighted by molar-refractivity contribution is 14.0. The molecule has 1 aliphatic heterocycles. The summed E-state index contributed by atoms with van der Waals surface area (Å²) < 4.78 is 19.2. The number of nitrogens with one attached hydrogen (secondary N) is 2. The van der Waals surface area contributed by atoms with E-state index in [9.17, 15) is 4.39 Å². The third kappa shape index (κ3) is 6.17. The van der Waals surface area contributed by atoms with Crippen molar-refractivity contribution in [3.63, 3.8) is 0 Å². The molecule has 0 spiro atoms. The van der Waals surface area contributed by atoms with Crippen LogP contribution >= 0.6 is 35.6 Å². The van der Waals surface area contributed by atoms with Crippen molar-refractivity contribution in [2.75, 3.05) is 40.4 Å². The van der Waals surface area contributed by atoms with Gasteiger partial charge in [0, 0.05) is 62.4 Å². The minimum Gasteiger partial charge on any atom is -0.383 e. The standard InChI is InChI=1S/C19H28ClFN4O.HI/c1-22-19(23-13-6-8-25(9-7-13)10-11-26-2)24-17-12-14(17)18-15(20)4-3-5-16(18)21;/h3-5,13-14,17H,6-12H2,1-2H3,(H2,22,23,24);1H. The smallest absolute Gasteiger partial charge is 0.191 e. The van der Waals surface area contributed by atoms with Crippen LogP contribution in [0.2, 0.25) is 5.02 Å². The number of guanidine groups is 1. The van der Waals surface area contributed by atoms with E-state index in [0.29, 0.717) is 16.6 Å². The Morgan fingerprint density at radius 2 is 2.07 bits per heavy atom. The number of ether oxygens (including phenoxy) is 1. The van der Waals surface area contributed by atoms with Crippen LogP contribution in [0, 0.1) is 5.82 Å². The average Bonchev–Trinajstić information content (AvgIpc) is 3.39. The van der Waals surface area contributed by atoms with Gasteiger partial charge in [0.05, 0.1) is 6.61 Å². The first-order valence-corrected chi connectivity index (χ1v) is 9.65. The second kappa shape index (κ2) is 10.8. The molecule has 27 heavy (non-hydrogen) atoms. The van der Waals surface area contributed by atoms with Gasteiger partial charge < -0.3 is 20.3 Å². The number of piperidine rings is 1. The highest BCUT2D eigenvalue weighted by Gasteiger charge is 2.42. The van der Waals surface area contributed by atoms with Crippen molar-refractivity contribution < 1.29 is 9.13 Å². The number of aliphatic imine (C=N–C) groups is 1. The molecule has 2 N–H and O–H groups in total. The number of nitrogens with zero attached hydrogens (tertiary/aromatic N) is 2. The summed E-state index contributed by atoms with van der Waals surface area (Å²) in [5.41, 5.74) is 0.619. The van der Waals surface area contributed by atoms with Crippen molar-refractivity contribution in [3.8, 4) is 0 Å². The van der Waals surface area contributed by atoms with Gasteiger partial charge in [-0.25, -0.2) is 4.39 Å². The van der Waals surface area contributed by atoms with Crippen LogP contribution in [0.5, 0.6) is 0 Å². The Balaban J connectivity index is 0.00000261. The zero-order valence-corrected chi connectivity index (χ0v) is 19.0. The molecule has 0 amide bonds. The summed E-state index contributed by atoms with van der Waals surface area (Å²) >= 11 is 6.18. The van der Waals surface area contributed by atoms with E-state index in [1.807, 2.05) is 0 Å². The molecule has 0 radical (unpaired) electrons. The second-order valence-electron chi connectivity index (χ2n) is 7.05. The predicted octanol–water partition coefficient (Wildman–Crippen LogP) is 3.23. The van der Waals surface area contributed by atoms with Crippen LogP contribution in [0.3, 0.4) is 0 Å². The van der Waals surface area contributed by atoms with Crippen molar-refractivity contribution >= 4 is 41.5 Å².